The van der Waals surface area contributed by atoms with Gasteiger partial charge in [0.1, 0.15) is 21.4 Å². The molecule has 0 atom stereocenters. The summed E-state index contributed by atoms with van der Waals surface area (Å²) in [6.07, 6.45) is 7.72. The molecule has 0 radical (unpaired) electrons. The van der Waals surface area contributed by atoms with E-state index in [-0.39, 0.29) is 21.4 Å². The lowest BCUT2D eigenvalue weighted by atomic mass is 10.2. The summed E-state index contributed by atoms with van der Waals surface area (Å²) in [5.74, 6) is -0.0978. The van der Waals surface area contributed by atoms with E-state index in [2.05, 4.69) is 25.3 Å². The molecule has 0 bridgehead atoms. The molecule has 1 aliphatic rings. The van der Waals surface area contributed by atoms with E-state index in [1.54, 1.807) is 10.9 Å². The molecule has 8 nitrogen and oxygen atoms in total. The maximum Gasteiger partial charge on any atom is 0.277 e. The number of carbonyl (C=O) groups excluding carboxylic acids is 1. The Morgan fingerprint density at radius 3 is 2.76 bits per heavy atom. The van der Waals surface area contributed by atoms with Crippen LogP contribution in [0.1, 0.15) is 36.2 Å². The van der Waals surface area contributed by atoms with Crippen LogP contribution >= 0.6 is 11.3 Å². The van der Waals surface area contributed by atoms with Gasteiger partial charge < -0.3 is 16.0 Å². The van der Waals surface area contributed by atoms with E-state index in [4.69, 9.17) is 5.73 Å². The predicted molar refractivity (Wildman–Crippen MR) is 112 cm³/mol. The molecule has 1 saturated heterocycles. The van der Waals surface area contributed by atoms with Crippen molar-refractivity contribution in [1.82, 2.24) is 19.7 Å². The van der Waals surface area contributed by atoms with Crippen molar-refractivity contribution in [3.63, 3.8) is 0 Å². The topological polar surface area (TPSA) is 102 Å². The number of nitrogens with two attached hydrogens (primary N) is 1. The Bertz CT molecular complexity index is 1020. The third kappa shape index (κ3) is 3.93. The molecule has 0 unspecified atom stereocenters. The van der Waals surface area contributed by atoms with Gasteiger partial charge in [-0.25, -0.2) is 9.37 Å². The second kappa shape index (κ2) is 8.16. The molecule has 0 aliphatic carbocycles. The highest BCUT2D eigenvalue weighted by Gasteiger charge is 2.23. The molecule has 1 fully saturated rings. The normalized spacial score (nSPS) is 14.6. The zero-order chi connectivity index (χ0) is 20.4. The number of thiazole rings is 1. The number of aryl methyl sites for hydroxylation is 1. The molecule has 3 aromatic heterocycles. The second-order valence-electron chi connectivity index (χ2n) is 6.93. The number of anilines is 3. The summed E-state index contributed by atoms with van der Waals surface area (Å²) in [7, 11) is 1.86. The summed E-state index contributed by atoms with van der Waals surface area (Å²) < 4.78 is 15.8. The molecule has 4 heterocycles. The van der Waals surface area contributed by atoms with Gasteiger partial charge in [-0.3, -0.25) is 14.5 Å². The molecule has 1 aliphatic heterocycles. The Morgan fingerprint density at radius 2 is 2.03 bits per heavy atom. The Labute approximate surface area is 171 Å². The van der Waals surface area contributed by atoms with E-state index in [1.807, 2.05) is 7.05 Å². The fraction of sp³-hybridized carbons (Fsp3) is 0.368. The Balaban J connectivity index is 1.59. The van der Waals surface area contributed by atoms with Crippen LogP contribution in [0.4, 0.5) is 20.9 Å². The molecule has 1 amide bonds. The van der Waals surface area contributed by atoms with Crippen molar-refractivity contribution in [2.24, 2.45) is 7.05 Å². The summed E-state index contributed by atoms with van der Waals surface area (Å²) in [5, 5.41) is 7.66. The highest BCUT2D eigenvalue weighted by Crippen LogP contribution is 2.32. The highest BCUT2D eigenvalue weighted by molar-refractivity contribution is 7.19. The van der Waals surface area contributed by atoms with Crippen molar-refractivity contribution in [2.75, 3.05) is 29.0 Å². The number of nitrogens with one attached hydrogen (secondary N) is 1. The summed E-state index contributed by atoms with van der Waals surface area (Å²) >= 11 is 1.03. The SMILES string of the molecule is Cn1ncc(NC(=O)c2nc(-c3ncccc3F)sc2N)c1N1CCCCCC1. The van der Waals surface area contributed by atoms with Gasteiger partial charge in [0, 0.05) is 26.3 Å². The van der Waals surface area contributed by atoms with E-state index in [9.17, 15) is 9.18 Å². The van der Waals surface area contributed by atoms with Gasteiger partial charge in [-0.2, -0.15) is 5.10 Å². The fourth-order valence-corrected chi connectivity index (χ4v) is 4.32. The number of amides is 1. The fourth-order valence-electron chi connectivity index (χ4n) is 3.50. The average molecular weight is 415 g/mol. The van der Waals surface area contributed by atoms with E-state index in [1.165, 1.54) is 31.2 Å². The molecule has 3 aromatic rings. The molecule has 152 valence electrons. The lowest BCUT2D eigenvalue weighted by molar-refractivity contribution is 0.102. The number of nitrogens with zero attached hydrogens (tertiary/aromatic N) is 5. The van der Waals surface area contributed by atoms with Gasteiger partial charge in [0.25, 0.3) is 5.91 Å². The largest absolute Gasteiger partial charge is 0.389 e. The summed E-state index contributed by atoms with van der Waals surface area (Å²) in [5.41, 5.74) is 6.75. The molecule has 4 rings (SSSR count). The number of pyridine rings is 1. The van der Waals surface area contributed by atoms with Crippen LogP contribution in [-0.4, -0.2) is 38.7 Å². The van der Waals surface area contributed by atoms with Crippen LogP contribution < -0.4 is 16.0 Å². The third-order valence-electron chi connectivity index (χ3n) is 4.89. The van der Waals surface area contributed by atoms with E-state index in [0.717, 1.165) is 43.1 Å². The van der Waals surface area contributed by atoms with Crippen molar-refractivity contribution in [3.8, 4) is 10.7 Å². The zero-order valence-corrected chi connectivity index (χ0v) is 16.9. The lowest BCUT2D eigenvalue weighted by Crippen LogP contribution is -2.27. The van der Waals surface area contributed by atoms with Crippen molar-refractivity contribution in [2.45, 2.75) is 25.7 Å². The van der Waals surface area contributed by atoms with Gasteiger partial charge in [-0.1, -0.05) is 24.2 Å². The minimum Gasteiger partial charge on any atom is -0.389 e. The van der Waals surface area contributed by atoms with Crippen molar-refractivity contribution < 1.29 is 9.18 Å². The van der Waals surface area contributed by atoms with Crippen LogP contribution in [0, 0.1) is 5.82 Å². The first kappa shape index (κ1) is 19.3. The van der Waals surface area contributed by atoms with E-state index in [0.29, 0.717) is 5.69 Å². The molecule has 10 heteroatoms. The van der Waals surface area contributed by atoms with Crippen LogP contribution in [0.5, 0.6) is 0 Å². The number of aromatic nitrogens is 4. The van der Waals surface area contributed by atoms with Crippen molar-refractivity contribution in [3.05, 3.63) is 36.0 Å². The Hall–Kier alpha value is -3.01. The molecule has 3 N–H and O–H groups in total. The molecule has 0 saturated carbocycles. The van der Waals surface area contributed by atoms with Gasteiger partial charge >= 0.3 is 0 Å². The maximum absolute atomic E-state index is 14.0. The number of hydrogen-bond donors (Lipinski definition) is 2. The first-order valence-electron chi connectivity index (χ1n) is 9.50. The molecule has 0 aromatic carbocycles. The first-order chi connectivity index (χ1) is 14.0. The summed E-state index contributed by atoms with van der Waals surface area (Å²) in [6, 6.07) is 2.79. The standard InChI is InChI=1S/C19H22FN7OS/c1-26-19(27-9-4-2-3-5-10-27)13(11-23-26)24-17(28)15-16(21)29-18(25-15)14-12(20)7-6-8-22-14/h6-8,11H,2-5,9-10,21H2,1H3,(H,24,28). The van der Waals surface area contributed by atoms with Crippen LogP contribution in [0.3, 0.4) is 0 Å². The third-order valence-corrected chi connectivity index (χ3v) is 5.78. The zero-order valence-electron chi connectivity index (χ0n) is 16.1. The van der Waals surface area contributed by atoms with Crippen LogP contribution in [0.2, 0.25) is 0 Å². The first-order valence-corrected chi connectivity index (χ1v) is 10.3. The number of hydrogen-bond acceptors (Lipinski definition) is 7. The predicted octanol–water partition coefficient (Wildman–Crippen LogP) is 3.29. The van der Waals surface area contributed by atoms with E-state index < -0.39 is 11.7 Å². The van der Waals surface area contributed by atoms with Gasteiger partial charge in [-0.05, 0) is 25.0 Å². The van der Waals surface area contributed by atoms with Crippen molar-refractivity contribution in [1.29, 1.82) is 0 Å². The monoisotopic (exact) mass is 415 g/mol. The Morgan fingerprint density at radius 1 is 1.28 bits per heavy atom. The number of rotatable bonds is 4. The smallest absolute Gasteiger partial charge is 0.277 e. The molecular weight excluding hydrogens is 393 g/mol. The van der Waals surface area contributed by atoms with Gasteiger partial charge in [-0.15, -0.1) is 0 Å². The number of nitrogen functional groups attached to an aromatic ring is 1. The van der Waals surface area contributed by atoms with Crippen LogP contribution in [-0.2, 0) is 7.05 Å². The minimum atomic E-state index is -0.510. The van der Waals surface area contributed by atoms with Gasteiger partial charge in [0.2, 0.25) is 0 Å². The Kier molecular flexibility index (Phi) is 5.43. The summed E-state index contributed by atoms with van der Waals surface area (Å²) in [6.45, 7) is 1.84. The average Bonchev–Trinajstić information content (AvgIpc) is 3.14. The van der Waals surface area contributed by atoms with Crippen LogP contribution in [0.25, 0.3) is 10.7 Å². The minimum absolute atomic E-state index is 0.0562. The van der Waals surface area contributed by atoms with Gasteiger partial charge in [0.05, 0.1) is 6.20 Å². The molecule has 0 spiro atoms. The molecule has 29 heavy (non-hydrogen) atoms. The quantitative estimate of drug-likeness (QED) is 0.678. The number of halogens is 1. The van der Waals surface area contributed by atoms with Crippen molar-refractivity contribution >= 4 is 33.8 Å². The number of carbonyl (C=O) groups is 1. The summed E-state index contributed by atoms with van der Waals surface area (Å²) in [4.78, 5) is 23.3. The maximum atomic E-state index is 14.0. The van der Waals surface area contributed by atoms with Gasteiger partial charge in [0.15, 0.2) is 17.3 Å². The second-order valence-corrected chi connectivity index (χ2v) is 7.96. The van der Waals surface area contributed by atoms with E-state index >= 15 is 0 Å². The van der Waals surface area contributed by atoms with Crippen LogP contribution in [0.15, 0.2) is 24.5 Å². The molecular formula is C19H22FN7OS. The lowest BCUT2D eigenvalue weighted by Gasteiger charge is -2.23. The highest BCUT2D eigenvalue weighted by atomic mass is 32.1.